The molecule has 0 amide bonds. The molecule has 0 bridgehead atoms. The van der Waals surface area contributed by atoms with Gasteiger partial charge in [0.2, 0.25) is 0 Å². The monoisotopic (exact) mass is 520 g/mol. The van der Waals surface area contributed by atoms with Crippen molar-refractivity contribution in [2.75, 3.05) is 0 Å². The predicted molar refractivity (Wildman–Crippen MR) is 174 cm³/mol. The fourth-order valence-electron chi connectivity index (χ4n) is 7.80. The Morgan fingerprint density at radius 3 is 1.66 bits per heavy atom. The second kappa shape index (κ2) is 8.05. The summed E-state index contributed by atoms with van der Waals surface area (Å²) in [6.45, 7) is 4.75. The van der Waals surface area contributed by atoms with Gasteiger partial charge in [0.25, 0.3) is 0 Å². The van der Waals surface area contributed by atoms with E-state index in [4.69, 9.17) is 0 Å². The van der Waals surface area contributed by atoms with E-state index in [1.165, 1.54) is 88.3 Å². The van der Waals surface area contributed by atoms with Crippen molar-refractivity contribution in [3.8, 4) is 55.6 Å². The summed E-state index contributed by atoms with van der Waals surface area (Å²) in [6.07, 6.45) is 0. The molecule has 0 aliphatic heterocycles. The molecule has 7 aromatic carbocycles. The molecule has 0 saturated carbocycles. The van der Waals surface area contributed by atoms with Crippen molar-refractivity contribution < 1.29 is 0 Å². The second-order valence-electron chi connectivity index (χ2n) is 12.1. The lowest BCUT2D eigenvalue weighted by molar-refractivity contribution is 0.660. The average Bonchev–Trinajstić information content (AvgIpc) is 3.46. The standard InChI is InChI=1S/C41H28/c1-41(2)34-21-9-8-16-28(34)29-23-22-27(24-35(29)41)38-31-18-7-6-17-30(31)37(26-12-4-3-5-13-26)39-32-19-10-14-25-15-11-20-33(36(25)32)40(38)39/h3-24H,1-2H3. The topological polar surface area (TPSA) is 0 Å². The SMILES string of the molecule is CC1(C)c2ccccc2-c2ccc(-c3c4c(c(-c5ccccc5)c5ccccc35)-c3cccc5cccc-4c35)cc21. The van der Waals surface area contributed by atoms with E-state index in [0.29, 0.717) is 0 Å². The first-order valence-electron chi connectivity index (χ1n) is 14.5. The maximum Gasteiger partial charge on any atom is 0.0159 e. The Labute approximate surface area is 240 Å². The van der Waals surface area contributed by atoms with Gasteiger partial charge in [-0.3, -0.25) is 0 Å². The molecular formula is C41H28. The summed E-state index contributed by atoms with van der Waals surface area (Å²) in [5.74, 6) is 0. The van der Waals surface area contributed by atoms with Gasteiger partial charge in [-0.05, 0) is 94.4 Å². The summed E-state index contributed by atoms with van der Waals surface area (Å²) in [4.78, 5) is 0. The molecule has 0 heterocycles. The van der Waals surface area contributed by atoms with Gasteiger partial charge in [-0.1, -0.05) is 141 Å². The number of benzene rings is 7. The Balaban J connectivity index is 1.45. The molecule has 0 saturated heterocycles. The molecule has 0 radical (unpaired) electrons. The van der Waals surface area contributed by atoms with Crippen molar-refractivity contribution in [1.29, 1.82) is 0 Å². The number of rotatable bonds is 2. The van der Waals surface area contributed by atoms with E-state index in [1.807, 2.05) is 0 Å². The molecule has 9 rings (SSSR count). The van der Waals surface area contributed by atoms with E-state index >= 15 is 0 Å². The van der Waals surface area contributed by atoms with Crippen LogP contribution in [0, 0.1) is 0 Å². The second-order valence-corrected chi connectivity index (χ2v) is 12.1. The zero-order valence-electron chi connectivity index (χ0n) is 23.2. The first-order chi connectivity index (χ1) is 20.1. The van der Waals surface area contributed by atoms with Crippen LogP contribution in [0.15, 0.2) is 133 Å². The van der Waals surface area contributed by atoms with Crippen molar-refractivity contribution in [3.05, 3.63) is 145 Å². The van der Waals surface area contributed by atoms with E-state index in [9.17, 15) is 0 Å². The van der Waals surface area contributed by atoms with Crippen molar-refractivity contribution >= 4 is 21.5 Å². The van der Waals surface area contributed by atoms with Crippen molar-refractivity contribution in [1.82, 2.24) is 0 Å². The number of hydrogen-bond acceptors (Lipinski definition) is 0. The van der Waals surface area contributed by atoms with Gasteiger partial charge in [0.15, 0.2) is 0 Å². The Kier molecular flexibility index (Phi) is 4.49. The Hall–Kier alpha value is -4.94. The minimum Gasteiger partial charge on any atom is -0.0622 e. The predicted octanol–water partition coefficient (Wildman–Crippen LogP) is 11.3. The summed E-state index contributed by atoms with van der Waals surface area (Å²) < 4.78 is 0. The molecule has 0 fully saturated rings. The zero-order chi connectivity index (χ0) is 27.3. The number of hydrogen-bond donors (Lipinski definition) is 0. The maximum atomic E-state index is 2.49. The highest BCUT2D eigenvalue weighted by atomic mass is 14.4. The summed E-state index contributed by atoms with van der Waals surface area (Å²) in [5, 5.41) is 5.28. The minimum absolute atomic E-state index is 0.0477. The van der Waals surface area contributed by atoms with Crippen LogP contribution in [-0.4, -0.2) is 0 Å². The molecule has 2 aliphatic rings. The first kappa shape index (κ1) is 22.8. The summed E-state index contributed by atoms with van der Waals surface area (Å²) in [7, 11) is 0. The van der Waals surface area contributed by atoms with Crippen LogP contribution < -0.4 is 0 Å². The van der Waals surface area contributed by atoms with Crippen LogP contribution >= 0.6 is 0 Å². The third-order valence-corrected chi connectivity index (χ3v) is 9.59. The first-order valence-corrected chi connectivity index (χ1v) is 14.5. The van der Waals surface area contributed by atoms with Crippen LogP contribution in [0.5, 0.6) is 0 Å². The van der Waals surface area contributed by atoms with Crippen LogP contribution in [-0.2, 0) is 5.41 Å². The average molecular weight is 521 g/mol. The van der Waals surface area contributed by atoms with Crippen LogP contribution in [0.25, 0.3) is 77.2 Å². The van der Waals surface area contributed by atoms with Crippen LogP contribution in [0.4, 0.5) is 0 Å². The van der Waals surface area contributed by atoms with Gasteiger partial charge in [0.1, 0.15) is 0 Å². The lowest BCUT2D eigenvalue weighted by atomic mass is 9.79. The molecule has 0 unspecified atom stereocenters. The quantitative estimate of drug-likeness (QED) is 0.213. The van der Waals surface area contributed by atoms with Crippen molar-refractivity contribution in [2.24, 2.45) is 0 Å². The molecule has 0 N–H and O–H groups in total. The van der Waals surface area contributed by atoms with Gasteiger partial charge < -0.3 is 0 Å². The molecular weight excluding hydrogens is 492 g/mol. The van der Waals surface area contributed by atoms with Gasteiger partial charge in [0.05, 0.1) is 0 Å². The van der Waals surface area contributed by atoms with Gasteiger partial charge >= 0.3 is 0 Å². The molecule has 0 atom stereocenters. The normalized spacial score (nSPS) is 13.8. The summed E-state index contributed by atoms with van der Waals surface area (Å²) >= 11 is 0. The van der Waals surface area contributed by atoms with E-state index in [0.717, 1.165) is 0 Å². The van der Waals surface area contributed by atoms with Crippen LogP contribution in [0.1, 0.15) is 25.0 Å². The highest BCUT2D eigenvalue weighted by molar-refractivity contribution is 6.27. The van der Waals surface area contributed by atoms with Gasteiger partial charge in [-0.25, -0.2) is 0 Å². The van der Waals surface area contributed by atoms with E-state index in [2.05, 4.69) is 147 Å². The highest BCUT2D eigenvalue weighted by Gasteiger charge is 2.36. The molecule has 0 spiro atoms. The zero-order valence-corrected chi connectivity index (χ0v) is 23.2. The lowest BCUT2D eigenvalue weighted by Crippen LogP contribution is -2.14. The van der Waals surface area contributed by atoms with Crippen molar-refractivity contribution in [3.63, 3.8) is 0 Å². The molecule has 7 aromatic rings. The largest absolute Gasteiger partial charge is 0.0622 e. The van der Waals surface area contributed by atoms with Crippen molar-refractivity contribution in [2.45, 2.75) is 19.3 Å². The molecule has 0 aromatic heterocycles. The van der Waals surface area contributed by atoms with Gasteiger partial charge in [-0.15, -0.1) is 0 Å². The smallest absolute Gasteiger partial charge is 0.0159 e. The molecule has 0 nitrogen and oxygen atoms in total. The number of fused-ring (bicyclic) bond motifs is 7. The summed E-state index contributed by atoms with van der Waals surface area (Å²) in [6, 6.07) is 49.7. The fourth-order valence-corrected chi connectivity index (χ4v) is 7.80. The minimum atomic E-state index is -0.0477. The molecule has 192 valence electrons. The van der Waals surface area contributed by atoms with E-state index in [1.54, 1.807) is 0 Å². The highest BCUT2D eigenvalue weighted by Crippen LogP contribution is 2.58. The molecule has 41 heavy (non-hydrogen) atoms. The molecule has 2 aliphatic carbocycles. The Bertz CT molecular complexity index is 2210. The van der Waals surface area contributed by atoms with E-state index in [-0.39, 0.29) is 5.41 Å². The Morgan fingerprint density at radius 1 is 0.390 bits per heavy atom. The fraction of sp³-hybridized carbons (Fsp3) is 0.0732. The third-order valence-electron chi connectivity index (χ3n) is 9.59. The third kappa shape index (κ3) is 2.95. The van der Waals surface area contributed by atoms with Gasteiger partial charge in [0, 0.05) is 5.41 Å². The maximum absolute atomic E-state index is 2.49. The van der Waals surface area contributed by atoms with E-state index < -0.39 is 0 Å². The Morgan fingerprint density at radius 2 is 0.951 bits per heavy atom. The lowest BCUT2D eigenvalue weighted by Gasteiger charge is -2.24. The van der Waals surface area contributed by atoms with Crippen LogP contribution in [0.3, 0.4) is 0 Å². The summed E-state index contributed by atoms with van der Waals surface area (Å²) in [5.41, 5.74) is 16.1. The van der Waals surface area contributed by atoms with Gasteiger partial charge in [-0.2, -0.15) is 0 Å². The molecule has 0 heteroatoms. The van der Waals surface area contributed by atoms with Crippen LogP contribution in [0.2, 0.25) is 0 Å².